The molecule has 1 N–H and O–H groups in total. The van der Waals surface area contributed by atoms with Crippen molar-refractivity contribution < 1.29 is 23.8 Å². The van der Waals surface area contributed by atoms with Crippen LogP contribution >= 0.6 is 0 Å². The first-order valence-corrected chi connectivity index (χ1v) is 8.28. The molecule has 3 heterocycles. The number of hydrogen-bond donors (Lipinski definition) is 1. The van der Waals surface area contributed by atoms with Crippen LogP contribution < -0.4 is 0 Å². The Balaban J connectivity index is 1.91. The number of methoxy groups -OCH3 is 1. The van der Waals surface area contributed by atoms with Crippen LogP contribution in [-0.2, 0) is 23.8 Å². The van der Waals surface area contributed by atoms with E-state index in [0.717, 1.165) is 10.9 Å². The highest BCUT2D eigenvalue weighted by atomic mass is 16.6. The van der Waals surface area contributed by atoms with E-state index in [-0.39, 0.29) is 24.9 Å². The zero-order valence-corrected chi connectivity index (χ0v) is 15.3. The number of aromatic nitrogens is 2. The Morgan fingerprint density at radius 3 is 3.00 bits per heavy atom. The van der Waals surface area contributed by atoms with Gasteiger partial charge in [0.2, 0.25) is 17.6 Å². The third-order valence-electron chi connectivity index (χ3n) is 3.80. The van der Waals surface area contributed by atoms with Gasteiger partial charge in [-0.2, -0.15) is 0 Å². The van der Waals surface area contributed by atoms with Crippen molar-refractivity contribution in [3.8, 4) is 0 Å². The fourth-order valence-corrected chi connectivity index (χ4v) is 2.61. The number of rotatable bonds is 6. The molecule has 1 fully saturated rings. The first kappa shape index (κ1) is 18.6. The molecule has 142 valence electrons. The van der Waals surface area contributed by atoms with Gasteiger partial charge in [0.1, 0.15) is 12.3 Å². The van der Waals surface area contributed by atoms with Crippen molar-refractivity contribution in [2.75, 3.05) is 34.4 Å². The molecule has 1 atom stereocenters. The van der Waals surface area contributed by atoms with Gasteiger partial charge in [-0.05, 0) is 18.2 Å². The Labute approximate surface area is 155 Å². The first-order valence-electron chi connectivity index (χ1n) is 8.28. The average Bonchev–Trinajstić information content (AvgIpc) is 3.17. The van der Waals surface area contributed by atoms with Gasteiger partial charge in [-0.1, -0.05) is 0 Å². The maximum absolute atomic E-state index is 12.8. The number of fused-ring (bicyclic) bond motifs is 1. The largest absolute Gasteiger partial charge is 0.462 e. The van der Waals surface area contributed by atoms with Crippen molar-refractivity contribution in [1.29, 1.82) is 0 Å². The zero-order valence-electron chi connectivity index (χ0n) is 15.3. The van der Waals surface area contributed by atoms with Gasteiger partial charge in [0.05, 0.1) is 6.61 Å². The normalized spacial score (nSPS) is 19.7. The second-order valence-electron chi connectivity index (χ2n) is 6.00. The predicted molar refractivity (Wildman–Crippen MR) is 97.6 cm³/mol. The van der Waals surface area contributed by atoms with E-state index in [1.165, 1.54) is 12.1 Å². The molecule has 0 spiro atoms. The number of aromatic amines is 1. The molecule has 1 aliphatic heterocycles. The quantitative estimate of drug-likeness (QED) is 0.267. The van der Waals surface area contributed by atoms with Gasteiger partial charge in [0.25, 0.3) is 0 Å². The van der Waals surface area contributed by atoms with Gasteiger partial charge < -0.3 is 19.2 Å². The number of hydrogen-bond acceptors (Lipinski definition) is 8. The van der Waals surface area contributed by atoms with E-state index in [9.17, 15) is 9.59 Å². The van der Waals surface area contributed by atoms with Crippen LogP contribution in [0.2, 0.25) is 0 Å². The van der Waals surface area contributed by atoms with Crippen molar-refractivity contribution in [2.24, 2.45) is 11.0 Å². The molecule has 0 aliphatic carbocycles. The minimum absolute atomic E-state index is 0.0170. The van der Waals surface area contributed by atoms with E-state index in [2.05, 4.69) is 15.1 Å². The fourth-order valence-electron chi connectivity index (χ4n) is 2.61. The van der Waals surface area contributed by atoms with Gasteiger partial charge >= 0.3 is 5.97 Å². The van der Waals surface area contributed by atoms with Crippen molar-refractivity contribution in [3.63, 3.8) is 0 Å². The number of ketones is 1. The molecule has 0 radical (unpaired) electrons. The summed E-state index contributed by atoms with van der Waals surface area (Å²) in [6.07, 6.45) is 4.95. The Hall–Kier alpha value is -3.20. The highest BCUT2D eigenvalue weighted by Gasteiger charge is 2.45. The van der Waals surface area contributed by atoms with Crippen LogP contribution in [0.4, 0.5) is 0 Å². The summed E-state index contributed by atoms with van der Waals surface area (Å²) in [6.45, 7) is 0.278. The van der Waals surface area contributed by atoms with Crippen LogP contribution in [-0.4, -0.2) is 67.0 Å². The van der Waals surface area contributed by atoms with E-state index >= 15 is 0 Å². The topological polar surface area (TPSA) is 106 Å². The summed E-state index contributed by atoms with van der Waals surface area (Å²) < 4.78 is 15.5. The van der Waals surface area contributed by atoms with E-state index in [1.807, 2.05) is 6.07 Å². The lowest BCUT2D eigenvalue weighted by molar-refractivity contribution is -0.149. The van der Waals surface area contributed by atoms with Crippen molar-refractivity contribution in [3.05, 3.63) is 35.8 Å². The number of carbonyl (C=O) groups excluding carboxylic acids is 2. The summed E-state index contributed by atoms with van der Waals surface area (Å²) in [5, 5.41) is 6.40. The standard InChI is InChI=1S/C18H20N4O5/c1-22(2)21-17-14(18(24)26-8-7-25-3)15(23)13(27-17)9-11-10-20-16-12(11)5-4-6-19-16/h4-6,9-10,14H,7-8H2,1-3H3,(H,19,20)/b13-9-,21-17?. The lowest BCUT2D eigenvalue weighted by Crippen LogP contribution is -2.29. The first-order chi connectivity index (χ1) is 13.0. The summed E-state index contributed by atoms with van der Waals surface area (Å²) in [5.74, 6) is -2.46. The lowest BCUT2D eigenvalue weighted by Gasteiger charge is -2.10. The van der Waals surface area contributed by atoms with Crippen LogP contribution in [0.1, 0.15) is 5.56 Å². The SMILES string of the molecule is COCCOC(=O)C1C(=O)/C(=C/c2c[nH]c3ncccc23)OC1=NN(C)C. The molecule has 0 bridgehead atoms. The molecule has 27 heavy (non-hydrogen) atoms. The Morgan fingerprint density at radius 2 is 2.26 bits per heavy atom. The molecule has 9 nitrogen and oxygen atoms in total. The summed E-state index contributed by atoms with van der Waals surface area (Å²) in [7, 11) is 4.83. The number of carbonyl (C=O) groups is 2. The number of H-pyrrole nitrogens is 1. The molecule has 1 unspecified atom stereocenters. The number of allylic oxidation sites excluding steroid dienone is 1. The molecule has 0 amide bonds. The van der Waals surface area contributed by atoms with Crippen LogP contribution in [0.25, 0.3) is 17.1 Å². The molecular formula is C18H20N4O5. The monoisotopic (exact) mass is 372 g/mol. The van der Waals surface area contributed by atoms with Gasteiger partial charge in [-0.3, -0.25) is 14.6 Å². The number of esters is 1. The summed E-state index contributed by atoms with van der Waals surface area (Å²) >= 11 is 0. The van der Waals surface area contributed by atoms with Gasteiger partial charge in [0, 0.05) is 44.5 Å². The predicted octanol–water partition coefficient (Wildman–Crippen LogP) is 1.18. The number of nitrogens with one attached hydrogen (secondary N) is 1. The van der Waals surface area contributed by atoms with Gasteiger partial charge in [0.15, 0.2) is 5.76 Å². The van der Waals surface area contributed by atoms with E-state index in [4.69, 9.17) is 14.2 Å². The minimum Gasteiger partial charge on any atom is -0.462 e. The van der Waals surface area contributed by atoms with Crippen molar-refractivity contribution in [1.82, 2.24) is 15.0 Å². The molecular weight excluding hydrogens is 352 g/mol. The Morgan fingerprint density at radius 1 is 1.44 bits per heavy atom. The second-order valence-corrected chi connectivity index (χ2v) is 6.00. The van der Waals surface area contributed by atoms with Gasteiger partial charge in [-0.15, -0.1) is 5.10 Å². The lowest BCUT2D eigenvalue weighted by atomic mass is 10.0. The Kier molecular flexibility index (Phi) is 5.51. The van der Waals surface area contributed by atoms with Crippen LogP contribution in [0.5, 0.6) is 0 Å². The molecule has 1 aliphatic rings. The summed E-state index contributed by atoms with van der Waals surface area (Å²) in [4.78, 5) is 32.4. The highest BCUT2D eigenvalue weighted by molar-refractivity contribution is 6.27. The summed E-state index contributed by atoms with van der Waals surface area (Å²) in [6, 6.07) is 3.67. The number of Topliss-reactive ketones (excluding diaryl/α,β-unsaturated/α-hetero) is 1. The summed E-state index contributed by atoms with van der Waals surface area (Å²) in [5.41, 5.74) is 1.41. The highest BCUT2D eigenvalue weighted by Crippen LogP contribution is 2.27. The molecule has 1 saturated heterocycles. The smallest absolute Gasteiger partial charge is 0.326 e. The molecule has 9 heteroatoms. The van der Waals surface area contributed by atoms with Crippen molar-refractivity contribution >= 4 is 34.8 Å². The van der Waals surface area contributed by atoms with E-state index < -0.39 is 17.7 Å². The molecule has 2 aromatic heterocycles. The Bertz CT molecular complexity index is 915. The minimum atomic E-state index is -1.24. The maximum Gasteiger partial charge on any atom is 0.326 e. The van der Waals surface area contributed by atoms with Crippen LogP contribution in [0.3, 0.4) is 0 Å². The third kappa shape index (κ3) is 3.98. The number of nitrogens with zero attached hydrogens (tertiary/aromatic N) is 3. The number of hydrazone groups is 1. The fraction of sp³-hybridized carbons (Fsp3) is 0.333. The molecule has 0 saturated carbocycles. The molecule has 2 aromatic rings. The number of ether oxygens (including phenoxy) is 3. The van der Waals surface area contributed by atoms with Gasteiger partial charge in [-0.25, -0.2) is 4.98 Å². The molecule has 3 rings (SSSR count). The maximum atomic E-state index is 12.8. The van der Waals surface area contributed by atoms with E-state index in [0.29, 0.717) is 5.65 Å². The zero-order chi connectivity index (χ0) is 19.4. The van der Waals surface area contributed by atoms with Crippen LogP contribution in [0, 0.1) is 5.92 Å². The molecule has 0 aromatic carbocycles. The van der Waals surface area contributed by atoms with E-state index in [1.54, 1.807) is 38.6 Å². The van der Waals surface area contributed by atoms with Crippen molar-refractivity contribution in [2.45, 2.75) is 0 Å². The third-order valence-corrected chi connectivity index (χ3v) is 3.80. The second kappa shape index (κ2) is 8.00. The number of pyridine rings is 1. The van der Waals surface area contributed by atoms with Crippen LogP contribution in [0.15, 0.2) is 35.4 Å². The average molecular weight is 372 g/mol.